The molecule has 0 saturated carbocycles. The Morgan fingerprint density at radius 1 is 1.32 bits per heavy atom. The average molecular weight is 344 g/mol. The number of aryl methyl sites for hydroxylation is 1. The van der Waals surface area contributed by atoms with Crippen molar-refractivity contribution >= 4 is 17.4 Å². The summed E-state index contributed by atoms with van der Waals surface area (Å²) < 4.78 is 0. The zero-order valence-corrected chi connectivity index (χ0v) is 13.8. The number of amides is 2. The van der Waals surface area contributed by atoms with Crippen molar-refractivity contribution in [2.24, 2.45) is 0 Å². The smallest absolute Gasteiger partial charge is 0.319 e. The molecule has 1 aromatic heterocycles. The molecular weight excluding hydrogens is 324 g/mol. The standard InChI is InChI=1S/C17H20N4O4/c1-12-10-18-11-15(21(24)25)16(12)20-17(23)19-14(8-5-9-22)13-6-3-2-4-7-13/h2-4,6-7,10-11,14,22H,5,8-9H2,1H3,(H2,18,19,20,23). The number of aromatic nitrogens is 1. The zero-order chi connectivity index (χ0) is 18.2. The van der Waals surface area contributed by atoms with Crippen LogP contribution in [0.5, 0.6) is 0 Å². The van der Waals surface area contributed by atoms with E-state index in [1.807, 2.05) is 30.3 Å². The number of hydrogen-bond acceptors (Lipinski definition) is 5. The van der Waals surface area contributed by atoms with E-state index in [-0.39, 0.29) is 24.0 Å². The van der Waals surface area contributed by atoms with Crippen molar-refractivity contribution in [2.75, 3.05) is 11.9 Å². The number of urea groups is 1. The Morgan fingerprint density at radius 3 is 2.68 bits per heavy atom. The van der Waals surface area contributed by atoms with E-state index >= 15 is 0 Å². The monoisotopic (exact) mass is 344 g/mol. The van der Waals surface area contributed by atoms with Crippen LogP contribution < -0.4 is 10.6 Å². The minimum Gasteiger partial charge on any atom is -0.396 e. The van der Waals surface area contributed by atoms with Gasteiger partial charge in [-0.1, -0.05) is 30.3 Å². The molecule has 1 aromatic carbocycles. The largest absolute Gasteiger partial charge is 0.396 e. The number of hydrogen-bond donors (Lipinski definition) is 3. The third-order valence-corrected chi connectivity index (χ3v) is 3.71. The van der Waals surface area contributed by atoms with Crippen molar-refractivity contribution < 1.29 is 14.8 Å². The Kier molecular flexibility index (Phi) is 6.41. The number of pyridine rings is 1. The Balaban J connectivity index is 2.16. The van der Waals surface area contributed by atoms with Crippen LogP contribution in [-0.4, -0.2) is 27.7 Å². The fourth-order valence-corrected chi connectivity index (χ4v) is 2.46. The highest BCUT2D eigenvalue weighted by Crippen LogP contribution is 2.26. The molecule has 8 nitrogen and oxygen atoms in total. The van der Waals surface area contributed by atoms with Crippen LogP contribution in [-0.2, 0) is 0 Å². The Morgan fingerprint density at radius 2 is 2.04 bits per heavy atom. The molecule has 2 aromatic rings. The quantitative estimate of drug-likeness (QED) is 0.527. The third-order valence-electron chi connectivity index (χ3n) is 3.71. The molecule has 0 aliphatic rings. The highest BCUT2D eigenvalue weighted by atomic mass is 16.6. The van der Waals surface area contributed by atoms with Crippen molar-refractivity contribution in [1.29, 1.82) is 0 Å². The first-order valence-electron chi connectivity index (χ1n) is 7.85. The molecule has 3 N–H and O–H groups in total. The number of carbonyl (C=O) groups excluding carboxylic acids is 1. The Bertz CT molecular complexity index is 737. The van der Waals surface area contributed by atoms with Crippen LogP contribution in [0, 0.1) is 17.0 Å². The lowest BCUT2D eigenvalue weighted by Crippen LogP contribution is -2.33. The highest BCUT2D eigenvalue weighted by Gasteiger charge is 2.20. The molecule has 2 rings (SSSR count). The number of anilines is 1. The summed E-state index contributed by atoms with van der Waals surface area (Å²) in [6.45, 7) is 1.65. The second kappa shape index (κ2) is 8.74. The highest BCUT2D eigenvalue weighted by molar-refractivity contribution is 5.92. The van der Waals surface area contributed by atoms with Gasteiger partial charge in [0.1, 0.15) is 11.9 Å². The summed E-state index contributed by atoms with van der Waals surface area (Å²) in [4.78, 5) is 26.7. The summed E-state index contributed by atoms with van der Waals surface area (Å²) in [5.74, 6) is 0. The number of nitro groups is 1. The van der Waals surface area contributed by atoms with E-state index in [1.54, 1.807) is 6.92 Å². The molecule has 0 saturated heterocycles. The number of carbonyl (C=O) groups is 1. The lowest BCUT2D eigenvalue weighted by Gasteiger charge is -2.19. The number of rotatable bonds is 7. The third kappa shape index (κ3) is 4.98. The molecule has 1 atom stereocenters. The summed E-state index contributed by atoms with van der Waals surface area (Å²) in [5, 5.41) is 25.5. The minimum absolute atomic E-state index is 0.0154. The summed E-state index contributed by atoms with van der Waals surface area (Å²) >= 11 is 0. The van der Waals surface area contributed by atoms with Gasteiger partial charge in [0.15, 0.2) is 0 Å². The van der Waals surface area contributed by atoms with Crippen LogP contribution in [0.15, 0.2) is 42.7 Å². The molecule has 1 unspecified atom stereocenters. The second-order valence-electron chi connectivity index (χ2n) is 5.54. The minimum atomic E-state index is -0.587. The molecule has 8 heteroatoms. The van der Waals surface area contributed by atoms with E-state index < -0.39 is 11.0 Å². The summed E-state index contributed by atoms with van der Waals surface area (Å²) in [7, 11) is 0. The first-order chi connectivity index (χ1) is 12.0. The normalized spacial score (nSPS) is 11.6. The van der Waals surface area contributed by atoms with E-state index in [0.29, 0.717) is 18.4 Å². The molecular formula is C17H20N4O4. The van der Waals surface area contributed by atoms with Gasteiger partial charge >= 0.3 is 11.7 Å². The first kappa shape index (κ1) is 18.3. The van der Waals surface area contributed by atoms with E-state index in [9.17, 15) is 14.9 Å². The molecule has 132 valence electrons. The predicted octanol–water partition coefficient (Wildman–Crippen LogP) is 2.93. The van der Waals surface area contributed by atoms with Crippen LogP contribution in [0.3, 0.4) is 0 Å². The molecule has 0 fully saturated rings. The zero-order valence-electron chi connectivity index (χ0n) is 13.8. The molecule has 1 heterocycles. The molecule has 0 aliphatic carbocycles. The fourth-order valence-electron chi connectivity index (χ4n) is 2.46. The van der Waals surface area contributed by atoms with Crippen molar-refractivity contribution in [2.45, 2.75) is 25.8 Å². The van der Waals surface area contributed by atoms with Crippen molar-refractivity contribution in [3.63, 3.8) is 0 Å². The van der Waals surface area contributed by atoms with Gasteiger partial charge in [-0.2, -0.15) is 0 Å². The van der Waals surface area contributed by atoms with E-state index in [0.717, 1.165) is 11.8 Å². The van der Waals surface area contributed by atoms with Crippen LogP contribution in [0.2, 0.25) is 0 Å². The predicted molar refractivity (Wildman–Crippen MR) is 93.3 cm³/mol. The van der Waals surface area contributed by atoms with Gasteiger partial charge in [-0.05, 0) is 30.9 Å². The van der Waals surface area contributed by atoms with Gasteiger partial charge in [0.2, 0.25) is 0 Å². The number of aliphatic hydroxyl groups excluding tert-OH is 1. The van der Waals surface area contributed by atoms with Crippen molar-refractivity contribution in [3.8, 4) is 0 Å². The van der Waals surface area contributed by atoms with E-state index in [2.05, 4.69) is 15.6 Å². The maximum Gasteiger partial charge on any atom is 0.319 e. The lowest BCUT2D eigenvalue weighted by atomic mass is 10.0. The molecule has 2 amide bonds. The van der Waals surface area contributed by atoms with E-state index in [4.69, 9.17) is 5.11 Å². The average Bonchev–Trinajstić information content (AvgIpc) is 2.60. The SMILES string of the molecule is Cc1cncc([N+](=O)[O-])c1NC(=O)NC(CCCO)c1ccccc1. The summed E-state index contributed by atoms with van der Waals surface area (Å²) in [6, 6.07) is 8.48. The summed E-state index contributed by atoms with van der Waals surface area (Å²) in [6.07, 6.45) is 3.62. The van der Waals surface area contributed by atoms with Gasteiger partial charge in [-0.25, -0.2) is 4.79 Å². The molecule has 0 bridgehead atoms. The fraction of sp³-hybridized carbons (Fsp3) is 0.294. The van der Waals surface area contributed by atoms with Gasteiger partial charge in [-0.15, -0.1) is 0 Å². The van der Waals surface area contributed by atoms with Crippen LogP contribution >= 0.6 is 0 Å². The number of nitrogens with one attached hydrogen (secondary N) is 2. The Labute approximate surface area is 145 Å². The van der Waals surface area contributed by atoms with Gasteiger partial charge in [0.05, 0.1) is 11.0 Å². The summed E-state index contributed by atoms with van der Waals surface area (Å²) in [5.41, 5.74) is 1.25. The second-order valence-corrected chi connectivity index (χ2v) is 5.54. The van der Waals surface area contributed by atoms with Gasteiger partial charge in [0.25, 0.3) is 0 Å². The molecule has 0 radical (unpaired) electrons. The van der Waals surface area contributed by atoms with Crippen molar-refractivity contribution in [1.82, 2.24) is 10.3 Å². The van der Waals surface area contributed by atoms with Gasteiger partial charge in [-0.3, -0.25) is 15.1 Å². The maximum absolute atomic E-state index is 12.4. The van der Waals surface area contributed by atoms with Gasteiger partial charge < -0.3 is 15.7 Å². The van der Waals surface area contributed by atoms with Crippen LogP contribution in [0.1, 0.15) is 30.0 Å². The van der Waals surface area contributed by atoms with Gasteiger partial charge in [0, 0.05) is 12.8 Å². The number of nitrogens with zero attached hydrogens (tertiary/aromatic N) is 2. The van der Waals surface area contributed by atoms with E-state index in [1.165, 1.54) is 6.20 Å². The van der Waals surface area contributed by atoms with Crippen LogP contribution in [0.4, 0.5) is 16.2 Å². The van der Waals surface area contributed by atoms with Crippen molar-refractivity contribution in [3.05, 3.63) is 64.0 Å². The molecule has 0 spiro atoms. The molecule has 25 heavy (non-hydrogen) atoms. The Hall–Kier alpha value is -3.00. The maximum atomic E-state index is 12.4. The topological polar surface area (TPSA) is 117 Å². The lowest BCUT2D eigenvalue weighted by molar-refractivity contribution is -0.384. The molecule has 0 aliphatic heterocycles. The first-order valence-corrected chi connectivity index (χ1v) is 7.85. The van der Waals surface area contributed by atoms with Crippen LogP contribution in [0.25, 0.3) is 0 Å². The number of aliphatic hydroxyl groups is 1. The number of benzene rings is 1.